The minimum atomic E-state index is -0.330. The number of para-hydroxylation sites is 1. The Morgan fingerprint density at radius 2 is 1.90 bits per heavy atom. The van der Waals surface area contributed by atoms with Gasteiger partial charge in [-0.25, -0.2) is 4.39 Å². The Labute approximate surface area is 175 Å². The number of H-pyrrole nitrogens is 1. The lowest BCUT2D eigenvalue weighted by Gasteiger charge is -2.07. The van der Waals surface area contributed by atoms with Crippen LogP contribution in [0, 0.1) is 5.82 Å². The van der Waals surface area contributed by atoms with Gasteiger partial charge in [0.1, 0.15) is 18.1 Å². The van der Waals surface area contributed by atoms with Gasteiger partial charge in [-0.3, -0.25) is 4.79 Å². The van der Waals surface area contributed by atoms with Crippen LogP contribution in [0.15, 0.2) is 66.7 Å². The number of ether oxygens (including phenoxy) is 1. The van der Waals surface area contributed by atoms with E-state index in [-0.39, 0.29) is 18.3 Å². The second-order valence-corrected chi connectivity index (χ2v) is 6.85. The molecule has 8 nitrogen and oxygen atoms in total. The van der Waals surface area contributed by atoms with Crippen molar-refractivity contribution in [2.75, 3.05) is 13.2 Å². The summed E-state index contributed by atoms with van der Waals surface area (Å²) < 4.78 is 20.4. The second-order valence-electron chi connectivity index (χ2n) is 6.85. The lowest BCUT2D eigenvalue weighted by atomic mass is 10.2. The number of aromatic nitrogens is 5. The molecule has 0 aliphatic carbocycles. The van der Waals surface area contributed by atoms with Crippen LogP contribution >= 0.6 is 0 Å². The van der Waals surface area contributed by atoms with Crippen molar-refractivity contribution in [2.24, 2.45) is 0 Å². The van der Waals surface area contributed by atoms with Gasteiger partial charge in [0, 0.05) is 22.5 Å². The molecule has 3 aromatic heterocycles. The lowest BCUT2D eigenvalue weighted by Crippen LogP contribution is -2.28. The maximum Gasteiger partial charge on any atom is 0.267 e. The Balaban J connectivity index is 1.23. The molecule has 0 spiro atoms. The van der Waals surface area contributed by atoms with Crippen LogP contribution in [0.1, 0.15) is 10.5 Å². The highest BCUT2D eigenvalue weighted by molar-refractivity contribution is 5.97. The maximum absolute atomic E-state index is 13.2. The van der Waals surface area contributed by atoms with E-state index in [1.807, 2.05) is 30.3 Å². The van der Waals surface area contributed by atoms with Gasteiger partial charge in [-0.15, -0.1) is 15.3 Å². The topological polar surface area (TPSA) is 97.2 Å². The highest BCUT2D eigenvalue weighted by Crippen LogP contribution is 2.19. The van der Waals surface area contributed by atoms with Gasteiger partial charge in [0.15, 0.2) is 11.5 Å². The number of nitrogens with zero attached hydrogens (tertiary/aromatic N) is 4. The van der Waals surface area contributed by atoms with Crippen molar-refractivity contribution in [1.29, 1.82) is 0 Å². The molecule has 31 heavy (non-hydrogen) atoms. The van der Waals surface area contributed by atoms with E-state index in [0.717, 1.165) is 10.9 Å². The van der Waals surface area contributed by atoms with Crippen molar-refractivity contribution in [1.82, 2.24) is 30.1 Å². The number of aromatic amines is 1. The number of rotatable bonds is 6. The first kappa shape index (κ1) is 18.7. The third-order valence-corrected chi connectivity index (χ3v) is 4.75. The Bertz CT molecular complexity index is 1340. The van der Waals surface area contributed by atoms with Gasteiger partial charge >= 0.3 is 0 Å². The van der Waals surface area contributed by atoms with Crippen LogP contribution in [-0.4, -0.2) is 43.9 Å². The molecule has 0 radical (unpaired) electrons. The Morgan fingerprint density at radius 1 is 1.06 bits per heavy atom. The number of nitrogens with one attached hydrogen (secondary N) is 2. The molecule has 5 rings (SSSR count). The van der Waals surface area contributed by atoms with Gasteiger partial charge in [0.05, 0.1) is 6.54 Å². The number of fused-ring (bicyclic) bond motifs is 2. The van der Waals surface area contributed by atoms with Crippen LogP contribution < -0.4 is 10.1 Å². The third kappa shape index (κ3) is 3.80. The Hall–Kier alpha value is -4.27. The summed E-state index contributed by atoms with van der Waals surface area (Å²) in [5.41, 5.74) is 2.63. The van der Waals surface area contributed by atoms with Crippen LogP contribution in [0.2, 0.25) is 0 Å². The second kappa shape index (κ2) is 7.86. The third-order valence-electron chi connectivity index (χ3n) is 4.75. The molecule has 2 aromatic carbocycles. The summed E-state index contributed by atoms with van der Waals surface area (Å²) in [7, 11) is 0. The fraction of sp³-hybridized carbons (Fsp3) is 0.0909. The van der Waals surface area contributed by atoms with E-state index >= 15 is 0 Å². The molecule has 154 valence electrons. The van der Waals surface area contributed by atoms with Crippen LogP contribution in [-0.2, 0) is 0 Å². The van der Waals surface area contributed by atoms with E-state index in [4.69, 9.17) is 4.74 Å². The molecule has 2 N–H and O–H groups in total. The van der Waals surface area contributed by atoms with Gasteiger partial charge in [0.2, 0.25) is 5.88 Å². The Kier molecular flexibility index (Phi) is 4.75. The van der Waals surface area contributed by atoms with Crippen LogP contribution in [0.5, 0.6) is 5.88 Å². The summed E-state index contributed by atoms with van der Waals surface area (Å²) in [6.07, 6.45) is 0. The average molecular weight is 416 g/mol. The SMILES string of the molecule is O=C(NCCOc1ccc2nnc(-c3ccc(F)cc3)n2n1)c1cc2ccccc2[nH]1. The molecule has 0 aliphatic rings. The highest BCUT2D eigenvalue weighted by atomic mass is 19.1. The molecule has 3 heterocycles. The van der Waals surface area contributed by atoms with Gasteiger partial charge < -0.3 is 15.0 Å². The molecule has 1 amide bonds. The average Bonchev–Trinajstić information content (AvgIpc) is 3.41. The fourth-order valence-electron chi connectivity index (χ4n) is 3.24. The zero-order valence-electron chi connectivity index (χ0n) is 16.2. The first-order chi connectivity index (χ1) is 15.2. The molecular weight excluding hydrogens is 399 g/mol. The van der Waals surface area contributed by atoms with E-state index < -0.39 is 0 Å². The van der Waals surface area contributed by atoms with E-state index in [1.165, 1.54) is 16.6 Å². The summed E-state index contributed by atoms with van der Waals surface area (Å²) in [6, 6.07) is 18.8. The zero-order valence-corrected chi connectivity index (χ0v) is 16.2. The van der Waals surface area contributed by atoms with E-state index in [9.17, 15) is 9.18 Å². The number of halogens is 1. The standard InChI is InChI=1S/C22H17FN6O2/c23-16-7-5-14(6-8-16)21-27-26-19-9-10-20(28-29(19)21)31-12-11-24-22(30)18-13-15-3-1-2-4-17(15)25-18/h1-10,13,25H,11-12H2,(H,24,30). The molecule has 5 aromatic rings. The summed E-state index contributed by atoms with van der Waals surface area (Å²) in [5, 5.41) is 16.4. The van der Waals surface area contributed by atoms with E-state index in [0.29, 0.717) is 35.2 Å². The molecule has 0 aliphatic heterocycles. The molecule has 0 saturated heterocycles. The largest absolute Gasteiger partial charge is 0.475 e. The minimum Gasteiger partial charge on any atom is -0.475 e. The normalized spacial score (nSPS) is 11.1. The van der Waals surface area contributed by atoms with Gasteiger partial charge in [0.25, 0.3) is 5.91 Å². The summed E-state index contributed by atoms with van der Waals surface area (Å²) in [5.74, 6) is 0.299. The van der Waals surface area contributed by atoms with E-state index in [1.54, 1.807) is 24.3 Å². The van der Waals surface area contributed by atoms with E-state index in [2.05, 4.69) is 25.6 Å². The molecule has 9 heteroatoms. The first-order valence-corrected chi connectivity index (χ1v) is 9.64. The fourth-order valence-corrected chi connectivity index (χ4v) is 3.24. The summed E-state index contributed by atoms with van der Waals surface area (Å²) >= 11 is 0. The summed E-state index contributed by atoms with van der Waals surface area (Å²) in [6.45, 7) is 0.541. The maximum atomic E-state index is 13.2. The Morgan fingerprint density at radius 3 is 2.74 bits per heavy atom. The smallest absolute Gasteiger partial charge is 0.267 e. The van der Waals surface area contributed by atoms with Crippen LogP contribution in [0.4, 0.5) is 4.39 Å². The molecule has 0 saturated carbocycles. The van der Waals surface area contributed by atoms with Crippen LogP contribution in [0.25, 0.3) is 27.9 Å². The van der Waals surface area contributed by atoms with Gasteiger partial charge in [-0.05, 0) is 42.5 Å². The number of carbonyl (C=O) groups is 1. The zero-order chi connectivity index (χ0) is 21.2. The number of hydrogen-bond acceptors (Lipinski definition) is 5. The highest BCUT2D eigenvalue weighted by Gasteiger charge is 2.11. The van der Waals surface area contributed by atoms with Gasteiger partial charge in [-0.2, -0.15) is 4.52 Å². The monoisotopic (exact) mass is 416 g/mol. The predicted molar refractivity (Wildman–Crippen MR) is 112 cm³/mol. The van der Waals surface area contributed by atoms with Crippen molar-refractivity contribution in [3.63, 3.8) is 0 Å². The summed E-state index contributed by atoms with van der Waals surface area (Å²) in [4.78, 5) is 15.4. The van der Waals surface area contributed by atoms with Crippen molar-refractivity contribution < 1.29 is 13.9 Å². The number of amides is 1. The van der Waals surface area contributed by atoms with Crippen LogP contribution in [0.3, 0.4) is 0 Å². The van der Waals surface area contributed by atoms with Gasteiger partial charge in [-0.1, -0.05) is 18.2 Å². The quantitative estimate of drug-likeness (QED) is 0.414. The molecule has 0 atom stereocenters. The molecular formula is C22H17FN6O2. The van der Waals surface area contributed by atoms with Crippen molar-refractivity contribution in [3.05, 3.63) is 78.2 Å². The molecule has 0 fully saturated rings. The predicted octanol–water partition coefficient (Wildman–Crippen LogP) is 3.22. The molecule has 0 bridgehead atoms. The molecule has 0 unspecified atom stereocenters. The minimum absolute atomic E-state index is 0.208. The van der Waals surface area contributed by atoms with Crippen molar-refractivity contribution in [2.45, 2.75) is 0 Å². The number of carbonyl (C=O) groups excluding carboxylic acids is 1. The van der Waals surface area contributed by atoms with Crippen molar-refractivity contribution >= 4 is 22.5 Å². The number of hydrogen-bond donors (Lipinski definition) is 2. The lowest BCUT2D eigenvalue weighted by molar-refractivity contribution is 0.0942. The van der Waals surface area contributed by atoms with Crippen molar-refractivity contribution in [3.8, 4) is 17.3 Å². The first-order valence-electron chi connectivity index (χ1n) is 9.64. The number of benzene rings is 2.